The molecule has 0 aromatic heterocycles. The summed E-state index contributed by atoms with van der Waals surface area (Å²) in [5, 5.41) is 13.4. The molecule has 6 nitrogen and oxygen atoms in total. The second-order valence-corrected chi connectivity index (χ2v) is 5.72. The van der Waals surface area contributed by atoms with E-state index in [0.29, 0.717) is 5.69 Å². The van der Waals surface area contributed by atoms with E-state index in [1.165, 1.54) is 12.3 Å². The largest absolute Gasteiger partial charge is 0.390 e. The maximum Gasteiger partial charge on any atom is 0.300 e. The zero-order valence-corrected chi connectivity index (χ0v) is 11.2. The van der Waals surface area contributed by atoms with Crippen molar-refractivity contribution >= 4 is 22.0 Å². The van der Waals surface area contributed by atoms with Crippen molar-refractivity contribution in [2.45, 2.75) is 11.8 Å². The number of benzene rings is 1. The molecule has 0 spiro atoms. The second-order valence-electron chi connectivity index (χ2n) is 4.33. The first-order valence-electron chi connectivity index (χ1n) is 5.70. The molecule has 2 N–H and O–H groups in total. The summed E-state index contributed by atoms with van der Waals surface area (Å²) in [5.41, 5.74) is 1.16. The van der Waals surface area contributed by atoms with Crippen LogP contribution in [0.2, 0.25) is 0 Å². The summed E-state index contributed by atoms with van der Waals surface area (Å²) in [6.07, 6.45) is 4.87. The number of aliphatic hydroxyl groups is 1. The number of allylic oxidation sites excluding steroid dienone is 1. The van der Waals surface area contributed by atoms with Gasteiger partial charge in [0.15, 0.2) is 10.6 Å². The number of aryl methyl sites for hydroxylation is 1. The SMILES string of the molecule is Cc1ccc(S(=O)(=O)O)c([N+]2(CCO)C=CC=N2)c1. The van der Waals surface area contributed by atoms with Crippen LogP contribution in [0.4, 0.5) is 5.69 Å². The van der Waals surface area contributed by atoms with E-state index in [9.17, 15) is 18.1 Å². The Labute approximate surface area is 111 Å². The highest BCUT2D eigenvalue weighted by atomic mass is 32.2. The third kappa shape index (κ3) is 2.59. The molecule has 0 fully saturated rings. The number of hydrogen-bond acceptors (Lipinski definition) is 4. The summed E-state index contributed by atoms with van der Waals surface area (Å²) in [6.45, 7) is 1.84. The lowest BCUT2D eigenvalue weighted by molar-refractivity contribution is 0.241. The van der Waals surface area contributed by atoms with E-state index in [1.54, 1.807) is 24.4 Å². The Bertz CT molecular complexity index is 638. The fourth-order valence-electron chi connectivity index (χ4n) is 2.07. The molecule has 1 aromatic rings. The van der Waals surface area contributed by atoms with Crippen LogP contribution in [0.5, 0.6) is 0 Å². The van der Waals surface area contributed by atoms with Crippen molar-refractivity contribution in [2.24, 2.45) is 5.10 Å². The molecular weight excluding hydrogens is 268 g/mol. The van der Waals surface area contributed by atoms with Gasteiger partial charge in [-0.25, -0.2) is 0 Å². The van der Waals surface area contributed by atoms with Crippen LogP contribution in [0.3, 0.4) is 0 Å². The molecule has 2 rings (SSSR count). The predicted octanol–water partition coefficient (Wildman–Crippen LogP) is 1.05. The van der Waals surface area contributed by atoms with Crippen LogP contribution in [0.1, 0.15) is 5.56 Å². The van der Waals surface area contributed by atoms with E-state index in [4.69, 9.17) is 0 Å². The third-order valence-electron chi connectivity index (χ3n) is 2.94. The monoisotopic (exact) mass is 283 g/mol. The molecule has 0 radical (unpaired) electrons. The average molecular weight is 283 g/mol. The molecule has 1 heterocycles. The molecule has 0 bridgehead atoms. The number of aliphatic hydroxyl groups excluding tert-OH is 1. The van der Waals surface area contributed by atoms with E-state index in [0.717, 1.165) is 5.56 Å². The molecule has 19 heavy (non-hydrogen) atoms. The highest BCUT2D eigenvalue weighted by Gasteiger charge is 2.36. The van der Waals surface area contributed by atoms with Crippen molar-refractivity contribution in [3.8, 4) is 0 Å². The van der Waals surface area contributed by atoms with E-state index in [-0.39, 0.29) is 22.6 Å². The summed E-state index contributed by atoms with van der Waals surface area (Å²) >= 11 is 0. The summed E-state index contributed by atoms with van der Waals surface area (Å²) in [7, 11) is -4.35. The number of rotatable bonds is 4. The van der Waals surface area contributed by atoms with Gasteiger partial charge in [0.2, 0.25) is 0 Å². The number of hydrogen-bond donors (Lipinski definition) is 2. The molecule has 7 heteroatoms. The number of quaternary nitrogens is 1. The molecule has 0 amide bonds. The van der Waals surface area contributed by atoms with Crippen molar-refractivity contribution in [1.82, 2.24) is 4.59 Å². The van der Waals surface area contributed by atoms with Gasteiger partial charge in [-0.2, -0.15) is 8.42 Å². The van der Waals surface area contributed by atoms with Gasteiger partial charge in [-0.15, -0.1) is 4.59 Å². The molecule has 1 aliphatic heterocycles. The molecule has 1 aliphatic rings. The maximum absolute atomic E-state index is 11.5. The minimum Gasteiger partial charge on any atom is -0.390 e. The normalized spacial score (nSPS) is 22.1. The highest BCUT2D eigenvalue weighted by molar-refractivity contribution is 7.86. The molecule has 1 atom stereocenters. The fraction of sp³-hybridized carbons (Fsp3) is 0.250. The van der Waals surface area contributed by atoms with Gasteiger partial charge < -0.3 is 5.11 Å². The lowest BCUT2D eigenvalue weighted by Crippen LogP contribution is -2.40. The second kappa shape index (κ2) is 4.86. The zero-order chi connectivity index (χ0) is 14.1. The summed E-state index contributed by atoms with van der Waals surface area (Å²) in [5.74, 6) is 0. The number of nitrogens with zero attached hydrogens (tertiary/aromatic N) is 2. The molecule has 0 saturated heterocycles. The summed E-state index contributed by atoms with van der Waals surface area (Å²) < 4.78 is 32.1. The van der Waals surface area contributed by atoms with E-state index < -0.39 is 10.1 Å². The van der Waals surface area contributed by atoms with Crippen molar-refractivity contribution in [3.05, 3.63) is 36.0 Å². The van der Waals surface area contributed by atoms with E-state index in [1.807, 2.05) is 6.92 Å². The Morgan fingerprint density at radius 1 is 1.37 bits per heavy atom. The Hall–Kier alpha value is -1.54. The first-order chi connectivity index (χ1) is 8.89. The maximum atomic E-state index is 11.5. The van der Waals surface area contributed by atoms with Gasteiger partial charge in [0.25, 0.3) is 0 Å². The van der Waals surface area contributed by atoms with Crippen molar-refractivity contribution in [2.75, 3.05) is 13.2 Å². The Balaban J connectivity index is 2.70. The van der Waals surface area contributed by atoms with Gasteiger partial charge in [-0.1, -0.05) is 11.2 Å². The van der Waals surface area contributed by atoms with Gasteiger partial charge >= 0.3 is 10.1 Å². The van der Waals surface area contributed by atoms with Crippen LogP contribution in [0.15, 0.2) is 40.5 Å². The zero-order valence-electron chi connectivity index (χ0n) is 10.4. The molecular formula is C12H15N2O4S+. The molecule has 1 unspecified atom stereocenters. The van der Waals surface area contributed by atoms with Crippen molar-refractivity contribution in [3.63, 3.8) is 0 Å². The van der Waals surface area contributed by atoms with Gasteiger partial charge in [-0.05, 0) is 18.6 Å². The Morgan fingerprint density at radius 2 is 2.11 bits per heavy atom. The van der Waals surface area contributed by atoms with Crippen LogP contribution in [-0.4, -0.2) is 37.4 Å². The Morgan fingerprint density at radius 3 is 2.63 bits per heavy atom. The molecule has 0 saturated carbocycles. The molecule has 0 aliphatic carbocycles. The van der Waals surface area contributed by atoms with Gasteiger partial charge in [0, 0.05) is 12.1 Å². The van der Waals surface area contributed by atoms with Crippen LogP contribution >= 0.6 is 0 Å². The van der Waals surface area contributed by atoms with Crippen LogP contribution < -0.4 is 4.59 Å². The third-order valence-corrected chi connectivity index (χ3v) is 3.84. The Kier molecular flexibility index (Phi) is 3.55. The summed E-state index contributed by atoms with van der Waals surface area (Å²) in [4.78, 5) is -0.199. The van der Waals surface area contributed by atoms with Crippen molar-refractivity contribution in [1.29, 1.82) is 0 Å². The first kappa shape index (κ1) is 13.9. The highest BCUT2D eigenvalue weighted by Crippen LogP contribution is 2.34. The smallest absolute Gasteiger partial charge is 0.300 e. The van der Waals surface area contributed by atoms with Crippen LogP contribution in [-0.2, 0) is 10.1 Å². The van der Waals surface area contributed by atoms with Gasteiger partial charge in [0.1, 0.15) is 12.7 Å². The van der Waals surface area contributed by atoms with E-state index >= 15 is 0 Å². The average Bonchev–Trinajstić information content (AvgIpc) is 2.77. The fourth-order valence-corrected chi connectivity index (χ4v) is 2.79. The van der Waals surface area contributed by atoms with Crippen LogP contribution in [0, 0.1) is 6.92 Å². The lowest BCUT2D eigenvalue weighted by atomic mass is 10.2. The lowest BCUT2D eigenvalue weighted by Gasteiger charge is -2.26. The minimum absolute atomic E-state index is 0.166. The molecule has 1 aromatic carbocycles. The quantitative estimate of drug-likeness (QED) is 0.639. The predicted molar refractivity (Wildman–Crippen MR) is 72.4 cm³/mol. The summed E-state index contributed by atoms with van der Waals surface area (Å²) in [6, 6.07) is 4.59. The first-order valence-corrected chi connectivity index (χ1v) is 7.14. The van der Waals surface area contributed by atoms with E-state index in [2.05, 4.69) is 5.10 Å². The minimum atomic E-state index is -4.35. The topological polar surface area (TPSA) is 87.0 Å². The molecule has 102 valence electrons. The van der Waals surface area contributed by atoms with Gasteiger partial charge in [-0.3, -0.25) is 4.55 Å². The van der Waals surface area contributed by atoms with Crippen molar-refractivity contribution < 1.29 is 18.1 Å². The standard InChI is InChI=1S/C12H14N2O4S/c1-10-3-4-12(19(16,17)18)11(9-10)14(7-8-15)6-2-5-13-14/h2-6,9,15H,7-8H2,1H3/p+1. The van der Waals surface area contributed by atoms with Gasteiger partial charge in [0.05, 0.1) is 12.8 Å². The van der Waals surface area contributed by atoms with Crippen LogP contribution in [0.25, 0.3) is 0 Å².